The van der Waals surface area contributed by atoms with Crippen molar-refractivity contribution in [2.45, 2.75) is 13.5 Å². The molecule has 0 radical (unpaired) electrons. The second-order valence-corrected chi connectivity index (χ2v) is 7.88. The average Bonchev–Trinajstić information content (AvgIpc) is 2.96. The minimum absolute atomic E-state index is 0.0908. The summed E-state index contributed by atoms with van der Waals surface area (Å²) >= 11 is 12.3. The van der Waals surface area contributed by atoms with Crippen LogP contribution in [-0.2, 0) is 16.1 Å². The van der Waals surface area contributed by atoms with Crippen LogP contribution in [0.5, 0.6) is 0 Å². The van der Waals surface area contributed by atoms with Crippen molar-refractivity contribution in [1.82, 2.24) is 4.90 Å². The Labute approximate surface area is 184 Å². The van der Waals surface area contributed by atoms with Crippen LogP contribution in [0.1, 0.15) is 16.7 Å². The Kier molecular flexibility index (Phi) is 5.62. The molecule has 1 heterocycles. The molecule has 0 saturated heterocycles. The van der Waals surface area contributed by atoms with E-state index in [0.29, 0.717) is 26.7 Å². The maximum absolute atomic E-state index is 13.3. The summed E-state index contributed by atoms with van der Waals surface area (Å²) in [7, 11) is 0. The van der Waals surface area contributed by atoms with Crippen molar-refractivity contribution in [1.29, 1.82) is 0 Å². The largest absolute Gasteiger partial charge is 0.350 e. The molecule has 0 bridgehead atoms. The van der Waals surface area contributed by atoms with E-state index in [-0.39, 0.29) is 18.1 Å². The van der Waals surface area contributed by atoms with Crippen molar-refractivity contribution in [2.24, 2.45) is 0 Å². The predicted octanol–water partition coefficient (Wildman–Crippen LogP) is 5.69. The first kappa shape index (κ1) is 20.2. The zero-order valence-electron chi connectivity index (χ0n) is 16.2. The van der Waals surface area contributed by atoms with Crippen LogP contribution in [0.2, 0.25) is 10.0 Å². The highest BCUT2D eigenvalue weighted by Crippen LogP contribution is 2.33. The molecule has 1 aliphatic heterocycles. The van der Waals surface area contributed by atoms with E-state index in [1.807, 2.05) is 37.3 Å². The van der Waals surface area contributed by atoms with Crippen LogP contribution in [0.15, 0.2) is 78.5 Å². The number of nitrogens with one attached hydrogen (secondary N) is 1. The predicted molar refractivity (Wildman–Crippen MR) is 120 cm³/mol. The Balaban J connectivity index is 1.74. The fraction of sp³-hybridized carbons (Fsp3) is 0.0833. The van der Waals surface area contributed by atoms with Gasteiger partial charge in [0.1, 0.15) is 5.70 Å². The fourth-order valence-corrected chi connectivity index (χ4v) is 3.62. The van der Waals surface area contributed by atoms with Gasteiger partial charge in [-0.05, 0) is 48.4 Å². The Morgan fingerprint density at radius 1 is 0.833 bits per heavy atom. The van der Waals surface area contributed by atoms with Gasteiger partial charge in [-0.15, -0.1) is 0 Å². The Morgan fingerprint density at radius 2 is 1.50 bits per heavy atom. The average molecular weight is 437 g/mol. The molecular weight excluding hydrogens is 419 g/mol. The maximum Gasteiger partial charge on any atom is 0.278 e. The summed E-state index contributed by atoms with van der Waals surface area (Å²) in [5.74, 6) is -0.776. The van der Waals surface area contributed by atoms with Crippen molar-refractivity contribution in [3.05, 3.63) is 105 Å². The van der Waals surface area contributed by atoms with Gasteiger partial charge in [0.15, 0.2) is 0 Å². The molecule has 1 aliphatic rings. The third-order valence-corrected chi connectivity index (χ3v) is 5.53. The standard InChI is InChI=1S/C24H18Cl2N2O2/c1-15-6-12-19(13-7-15)27-22-21(16-8-10-18(25)11-9-16)23(29)28(24(22)30)14-17-4-2-3-5-20(17)26/h2-13,27H,14H2,1H3. The van der Waals surface area contributed by atoms with Crippen molar-refractivity contribution in [3.8, 4) is 0 Å². The first-order valence-electron chi connectivity index (χ1n) is 9.37. The van der Waals surface area contributed by atoms with Crippen LogP contribution >= 0.6 is 23.2 Å². The lowest BCUT2D eigenvalue weighted by Gasteiger charge is -2.16. The van der Waals surface area contributed by atoms with Gasteiger partial charge in [-0.2, -0.15) is 0 Å². The highest BCUT2D eigenvalue weighted by molar-refractivity contribution is 6.37. The molecule has 150 valence electrons. The topological polar surface area (TPSA) is 49.4 Å². The number of anilines is 1. The van der Waals surface area contributed by atoms with Gasteiger partial charge < -0.3 is 5.32 Å². The molecular formula is C24H18Cl2N2O2. The van der Waals surface area contributed by atoms with Gasteiger partial charge in [0.05, 0.1) is 12.1 Å². The van der Waals surface area contributed by atoms with Gasteiger partial charge in [-0.1, -0.05) is 71.2 Å². The number of amides is 2. The second kappa shape index (κ2) is 8.34. The molecule has 6 heteroatoms. The number of imide groups is 1. The smallest absolute Gasteiger partial charge is 0.278 e. The van der Waals surface area contributed by atoms with E-state index in [1.165, 1.54) is 4.90 Å². The van der Waals surface area contributed by atoms with E-state index in [4.69, 9.17) is 23.2 Å². The molecule has 3 aromatic rings. The van der Waals surface area contributed by atoms with Crippen LogP contribution in [-0.4, -0.2) is 16.7 Å². The number of nitrogens with zero attached hydrogens (tertiary/aromatic N) is 1. The van der Waals surface area contributed by atoms with Crippen LogP contribution in [0.4, 0.5) is 5.69 Å². The lowest BCUT2D eigenvalue weighted by atomic mass is 10.0. The van der Waals surface area contributed by atoms with Crippen LogP contribution in [0, 0.1) is 6.92 Å². The third kappa shape index (κ3) is 3.97. The third-order valence-electron chi connectivity index (χ3n) is 4.91. The SMILES string of the molecule is Cc1ccc(NC2=C(c3ccc(Cl)cc3)C(=O)N(Cc3ccccc3Cl)C2=O)cc1. The highest BCUT2D eigenvalue weighted by Gasteiger charge is 2.39. The van der Waals surface area contributed by atoms with Crippen molar-refractivity contribution in [3.63, 3.8) is 0 Å². The normalized spacial score (nSPS) is 13.9. The summed E-state index contributed by atoms with van der Waals surface area (Å²) in [5.41, 5.74) is 3.69. The molecule has 0 aromatic heterocycles. The summed E-state index contributed by atoms with van der Waals surface area (Å²) in [6.45, 7) is 2.07. The van der Waals surface area contributed by atoms with Gasteiger partial charge in [0, 0.05) is 15.7 Å². The number of carbonyl (C=O) groups excluding carboxylic acids is 2. The summed E-state index contributed by atoms with van der Waals surface area (Å²) < 4.78 is 0. The van der Waals surface area contributed by atoms with Crippen molar-refractivity contribution in [2.75, 3.05) is 5.32 Å². The molecule has 1 N–H and O–H groups in total. The number of hydrogen-bond acceptors (Lipinski definition) is 3. The second-order valence-electron chi connectivity index (χ2n) is 7.04. The molecule has 2 amide bonds. The number of halogens is 2. The van der Waals surface area contributed by atoms with Gasteiger partial charge in [-0.3, -0.25) is 14.5 Å². The number of carbonyl (C=O) groups is 2. The van der Waals surface area contributed by atoms with E-state index in [2.05, 4.69) is 5.32 Å². The number of rotatable bonds is 5. The Morgan fingerprint density at radius 3 is 2.17 bits per heavy atom. The van der Waals surface area contributed by atoms with E-state index in [9.17, 15) is 9.59 Å². The molecule has 0 fully saturated rings. The molecule has 0 saturated carbocycles. The minimum atomic E-state index is -0.398. The van der Waals surface area contributed by atoms with E-state index in [1.54, 1.807) is 42.5 Å². The molecule has 0 unspecified atom stereocenters. The monoisotopic (exact) mass is 436 g/mol. The lowest BCUT2D eigenvalue weighted by Crippen LogP contribution is -2.32. The van der Waals surface area contributed by atoms with E-state index in [0.717, 1.165) is 11.3 Å². The van der Waals surface area contributed by atoms with Crippen LogP contribution < -0.4 is 5.32 Å². The quantitative estimate of drug-likeness (QED) is 0.522. The Hall–Kier alpha value is -3.08. The minimum Gasteiger partial charge on any atom is -0.350 e. The first-order valence-corrected chi connectivity index (χ1v) is 10.1. The summed E-state index contributed by atoms with van der Waals surface area (Å²) in [6.07, 6.45) is 0. The zero-order chi connectivity index (χ0) is 21.3. The number of benzene rings is 3. The van der Waals surface area contributed by atoms with Gasteiger partial charge in [0.2, 0.25) is 0 Å². The molecule has 0 spiro atoms. The molecule has 0 atom stereocenters. The first-order chi connectivity index (χ1) is 14.4. The highest BCUT2D eigenvalue weighted by atomic mass is 35.5. The summed E-state index contributed by atoms with van der Waals surface area (Å²) in [6, 6.07) is 21.7. The van der Waals surface area contributed by atoms with E-state index < -0.39 is 5.91 Å². The van der Waals surface area contributed by atoms with Gasteiger partial charge >= 0.3 is 0 Å². The van der Waals surface area contributed by atoms with Crippen molar-refractivity contribution >= 4 is 46.3 Å². The zero-order valence-corrected chi connectivity index (χ0v) is 17.7. The Bertz CT molecular complexity index is 1150. The molecule has 30 heavy (non-hydrogen) atoms. The molecule has 4 rings (SSSR count). The fourth-order valence-electron chi connectivity index (χ4n) is 3.30. The van der Waals surface area contributed by atoms with E-state index >= 15 is 0 Å². The van der Waals surface area contributed by atoms with Crippen LogP contribution in [0.3, 0.4) is 0 Å². The van der Waals surface area contributed by atoms with Gasteiger partial charge in [0.25, 0.3) is 11.8 Å². The lowest BCUT2D eigenvalue weighted by molar-refractivity contribution is -0.137. The maximum atomic E-state index is 13.3. The summed E-state index contributed by atoms with van der Waals surface area (Å²) in [4.78, 5) is 27.8. The number of hydrogen-bond donors (Lipinski definition) is 1. The summed E-state index contributed by atoms with van der Waals surface area (Å²) in [5, 5.41) is 4.20. The molecule has 4 nitrogen and oxygen atoms in total. The van der Waals surface area contributed by atoms with Crippen LogP contribution in [0.25, 0.3) is 5.57 Å². The molecule has 3 aromatic carbocycles. The molecule has 0 aliphatic carbocycles. The van der Waals surface area contributed by atoms with Crippen molar-refractivity contribution < 1.29 is 9.59 Å². The number of aryl methyl sites for hydroxylation is 1. The van der Waals surface area contributed by atoms with Gasteiger partial charge in [-0.25, -0.2) is 0 Å².